The summed E-state index contributed by atoms with van der Waals surface area (Å²) in [5.41, 5.74) is 0. The van der Waals surface area contributed by atoms with Crippen molar-refractivity contribution in [1.82, 2.24) is 0 Å². The minimum Gasteiger partial charge on any atom is -0.481 e. The van der Waals surface area contributed by atoms with E-state index in [1.165, 1.54) is 0 Å². The van der Waals surface area contributed by atoms with Gasteiger partial charge in [-0.2, -0.15) is 0 Å². The Morgan fingerprint density at radius 2 is 1.70 bits per heavy atom. The zero-order chi connectivity index (χ0) is 15.4. The highest BCUT2D eigenvalue weighted by Crippen LogP contribution is 2.18. The van der Waals surface area contributed by atoms with E-state index in [2.05, 4.69) is 0 Å². The van der Waals surface area contributed by atoms with Crippen LogP contribution in [0.3, 0.4) is 0 Å². The van der Waals surface area contributed by atoms with Crippen LogP contribution in [0.15, 0.2) is 0 Å². The summed E-state index contributed by atoms with van der Waals surface area (Å²) in [6.07, 6.45) is -0.637. The van der Waals surface area contributed by atoms with Gasteiger partial charge in [0.25, 0.3) is 0 Å². The zero-order valence-corrected chi connectivity index (χ0v) is 11.8. The molecule has 2 N–H and O–H groups in total. The van der Waals surface area contributed by atoms with E-state index in [4.69, 9.17) is 29.2 Å². The molecule has 0 aromatic rings. The summed E-state index contributed by atoms with van der Waals surface area (Å²) in [5, 5.41) is 17.2. The van der Waals surface area contributed by atoms with Crippen LogP contribution in [0.5, 0.6) is 0 Å². The monoisotopic (exact) mass is 294 g/mol. The Bertz CT molecular complexity index is 285. The summed E-state index contributed by atoms with van der Waals surface area (Å²) >= 11 is 0. The lowest BCUT2D eigenvalue weighted by molar-refractivity contribution is -0.375. The van der Waals surface area contributed by atoms with Crippen LogP contribution < -0.4 is 0 Å². The predicted octanol–water partition coefficient (Wildman–Crippen LogP) is 0.130. The normalized spacial score (nSPS) is 11.3. The molecule has 0 aliphatic carbocycles. The van der Waals surface area contributed by atoms with Gasteiger partial charge >= 0.3 is 17.9 Å². The molecule has 118 valence electrons. The SMILES string of the molecule is CCOC(COCCO)(OCC)OC(=O)CCC(=O)O. The second kappa shape index (κ2) is 10.6. The molecule has 0 radical (unpaired) electrons. The number of aliphatic hydroxyl groups excluding tert-OH is 1. The van der Waals surface area contributed by atoms with E-state index in [1.807, 2.05) is 0 Å². The molecule has 0 aromatic carbocycles. The fraction of sp³-hybridized carbons (Fsp3) is 0.833. The summed E-state index contributed by atoms with van der Waals surface area (Å²) in [7, 11) is 0. The van der Waals surface area contributed by atoms with Gasteiger partial charge in [-0.15, -0.1) is 0 Å². The Balaban J connectivity index is 4.60. The number of ether oxygens (including phenoxy) is 4. The van der Waals surface area contributed by atoms with Crippen LogP contribution in [0.2, 0.25) is 0 Å². The minimum absolute atomic E-state index is 0.0363. The van der Waals surface area contributed by atoms with Crippen molar-refractivity contribution in [2.24, 2.45) is 0 Å². The number of carbonyl (C=O) groups is 2. The Labute approximate surface area is 117 Å². The molecule has 0 spiro atoms. The molecule has 0 unspecified atom stereocenters. The fourth-order valence-corrected chi connectivity index (χ4v) is 1.35. The molecule has 8 nitrogen and oxygen atoms in total. The van der Waals surface area contributed by atoms with Gasteiger partial charge in [-0.25, -0.2) is 0 Å². The summed E-state index contributed by atoms with van der Waals surface area (Å²) in [6.45, 7) is 3.41. The van der Waals surface area contributed by atoms with E-state index in [0.29, 0.717) is 0 Å². The molecule has 0 rings (SSSR count). The Morgan fingerprint density at radius 3 is 2.15 bits per heavy atom. The first-order valence-corrected chi connectivity index (χ1v) is 6.39. The Kier molecular flexibility index (Phi) is 9.91. The van der Waals surface area contributed by atoms with E-state index in [1.54, 1.807) is 13.8 Å². The standard InChI is InChI=1S/C12H22O8/c1-3-18-12(19-4-2,9-17-8-7-13)20-11(16)6-5-10(14)15/h13H,3-9H2,1-2H3,(H,14,15). The number of hydrogen-bond donors (Lipinski definition) is 2. The topological polar surface area (TPSA) is 112 Å². The van der Waals surface area contributed by atoms with Crippen molar-refractivity contribution < 1.29 is 38.7 Å². The van der Waals surface area contributed by atoms with Gasteiger partial charge in [0, 0.05) is 0 Å². The number of esters is 1. The van der Waals surface area contributed by atoms with Gasteiger partial charge < -0.3 is 29.2 Å². The maximum atomic E-state index is 11.6. The van der Waals surface area contributed by atoms with E-state index in [-0.39, 0.29) is 45.9 Å². The molecule has 20 heavy (non-hydrogen) atoms. The number of rotatable bonds is 12. The maximum absolute atomic E-state index is 11.6. The molecule has 8 heteroatoms. The van der Waals surface area contributed by atoms with Crippen molar-refractivity contribution in [3.63, 3.8) is 0 Å². The molecule has 0 atom stereocenters. The highest BCUT2D eigenvalue weighted by atomic mass is 16.9. The van der Waals surface area contributed by atoms with Crippen molar-refractivity contribution in [2.45, 2.75) is 32.7 Å². The molecule has 0 aromatic heterocycles. The number of aliphatic hydroxyl groups is 1. The third kappa shape index (κ3) is 8.05. The van der Waals surface area contributed by atoms with Gasteiger partial charge in [-0.1, -0.05) is 0 Å². The van der Waals surface area contributed by atoms with Crippen molar-refractivity contribution in [3.05, 3.63) is 0 Å². The molecular weight excluding hydrogens is 272 g/mol. The lowest BCUT2D eigenvalue weighted by Gasteiger charge is -2.31. The predicted molar refractivity (Wildman–Crippen MR) is 66.8 cm³/mol. The van der Waals surface area contributed by atoms with Crippen molar-refractivity contribution in [3.8, 4) is 0 Å². The zero-order valence-electron chi connectivity index (χ0n) is 11.8. The number of aliphatic carboxylic acids is 1. The lowest BCUT2D eigenvalue weighted by atomic mass is 10.3. The average molecular weight is 294 g/mol. The lowest BCUT2D eigenvalue weighted by Crippen LogP contribution is -2.46. The summed E-state index contributed by atoms with van der Waals surface area (Å²) in [5.74, 6) is -3.58. The second-order valence-electron chi connectivity index (χ2n) is 3.69. The molecule has 0 heterocycles. The van der Waals surface area contributed by atoms with Crippen molar-refractivity contribution in [2.75, 3.05) is 33.0 Å². The fourth-order valence-electron chi connectivity index (χ4n) is 1.35. The Hall–Kier alpha value is -1.22. The van der Waals surface area contributed by atoms with Gasteiger partial charge in [-0.05, 0) is 13.8 Å². The third-order valence-electron chi connectivity index (χ3n) is 2.06. The first kappa shape index (κ1) is 18.8. The van der Waals surface area contributed by atoms with Crippen LogP contribution in [0.1, 0.15) is 26.7 Å². The van der Waals surface area contributed by atoms with Gasteiger partial charge in [0.15, 0.2) is 0 Å². The molecule has 0 aliphatic heterocycles. The first-order chi connectivity index (χ1) is 9.49. The van der Waals surface area contributed by atoms with Gasteiger partial charge in [-0.3, -0.25) is 9.59 Å². The molecule has 0 amide bonds. The molecule has 0 saturated carbocycles. The van der Waals surface area contributed by atoms with Crippen molar-refractivity contribution >= 4 is 11.9 Å². The molecule has 0 fully saturated rings. The van der Waals surface area contributed by atoms with E-state index in [0.717, 1.165) is 0 Å². The van der Waals surface area contributed by atoms with E-state index >= 15 is 0 Å². The highest BCUT2D eigenvalue weighted by molar-refractivity contribution is 5.76. The highest BCUT2D eigenvalue weighted by Gasteiger charge is 2.37. The number of carboxylic acids is 1. The van der Waals surface area contributed by atoms with Gasteiger partial charge in [0.1, 0.15) is 6.61 Å². The van der Waals surface area contributed by atoms with Crippen LogP contribution in [-0.4, -0.2) is 61.2 Å². The van der Waals surface area contributed by atoms with E-state index < -0.39 is 17.9 Å². The summed E-state index contributed by atoms with van der Waals surface area (Å²) in [6, 6.07) is 0. The molecule has 0 aliphatic rings. The maximum Gasteiger partial charge on any atom is 0.353 e. The number of carbonyl (C=O) groups excluding carboxylic acids is 1. The largest absolute Gasteiger partial charge is 0.481 e. The van der Waals surface area contributed by atoms with Crippen LogP contribution in [0.25, 0.3) is 0 Å². The quantitative estimate of drug-likeness (QED) is 0.297. The van der Waals surface area contributed by atoms with Crippen LogP contribution in [0, 0.1) is 0 Å². The average Bonchev–Trinajstić information content (AvgIpc) is 2.37. The number of carboxylic acid groups (broad SMARTS) is 1. The van der Waals surface area contributed by atoms with Crippen LogP contribution in [0.4, 0.5) is 0 Å². The van der Waals surface area contributed by atoms with E-state index in [9.17, 15) is 9.59 Å². The third-order valence-corrected chi connectivity index (χ3v) is 2.06. The summed E-state index contributed by atoms with van der Waals surface area (Å²) in [4.78, 5) is 22.0. The summed E-state index contributed by atoms with van der Waals surface area (Å²) < 4.78 is 20.7. The molecular formula is C12H22O8. The Morgan fingerprint density at radius 1 is 1.10 bits per heavy atom. The molecule has 0 saturated heterocycles. The van der Waals surface area contributed by atoms with Crippen molar-refractivity contribution in [1.29, 1.82) is 0 Å². The van der Waals surface area contributed by atoms with Gasteiger partial charge in [0.05, 0.1) is 39.3 Å². The first-order valence-electron chi connectivity index (χ1n) is 6.39. The van der Waals surface area contributed by atoms with Crippen LogP contribution >= 0.6 is 0 Å². The number of hydrogen-bond acceptors (Lipinski definition) is 7. The smallest absolute Gasteiger partial charge is 0.353 e. The molecule has 0 bridgehead atoms. The van der Waals surface area contributed by atoms with Crippen LogP contribution in [-0.2, 0) is 28.5 Å². The second-order valence-corrected chi connectivity index (χ2v) is 3.69. The minimum atomic E-state index is -1.71. The van der Waals surface area contributed by atoms with Gasteiger partial charge in [0.2, 0.25) is 0 Å².